The van der Waals surface area contributed by atoms with Crippen molar-refractivity contribution in [3.8, 4) is 0 Å². The van der Waals surface area contributed by atoms with Gasteiger partial charge in [0, 0.05) is 27.3 Å². The average molecular weight is 485 g/mol. The highest BCUT2D eigenvalue weighted by Crippen LogP contribution is 2.24. The van der Waals surface area contributed by atoms with Crippen molar-refractivity contribution < 1.29 is 4.79 Å². The van der Waals surface area contributed by atoms with Gasteiger partial charge in [0.25, 0.3) is 5.56 Å². The third kappa shape index (κ3) is 5.91. The number of benzene rings is 2. The molecule has 1 N–H and O–H groups in total. The highest BCUT2D eigenvalue weighted by atomic mass is 35.5. The number of rotatable bonds is 7. The van der Waals surface area contributed by atoms with Crippen LogP contribution in [0.3, 0.4) is 0 Å². The lowest BCUT2D eigenvalue weighted by Gasteiger charge is -2.14. The smallest absolute Gasteiger partial charge is 0.262 e. The summed E-state index contributed by atoms with van der Waals surface area (Å²) in [6.07, 6.45) is 0.821. The van der Waals surface area contributed by atoms with E-state index in [4.69, 9.17) is 34.8 Å². The Balaban J connectivity index is 1.84. The van der Waals surface area contributed by atoms with Crippen LogP contribution < -0.4 is 10.9 Å². The first-order valence-electron chi connectivity index (χ1n) is 9.32. The number of hydrogen-bond donors (Lipinski definition) is 1. The normalized spacial score (nSPS) is 11.3. The number of nitrogens with zero attached hydrogens (tertiary/aromatic N) is 2. The van der Waals surface area contributed by atoms with Crippen molar-refractivity contribution in [2.45, 2.75) is 32.0 Å². The Morgan fingerprint density at radius 3 is 2.47 bits per heavy atom. The number of nitrogens with one attached hydrogen (secondary N) is 1. The monoisotopic (exact) mass is 483 g/mol. The molecule has 0 bridgehead atoms. The molecule has 0 atom stereocenters. The van der Waals surface area contributed by atoms with Crippen LogP contribution in [0.25, 0.3) is 10.9 Å². The Hall–Kier alpha value is -1.73. The molecule has 158 valence electrons. The van der Waals surface area contributed by atoms with Crippen LogP contribution in [0.4, 0.5) is 5.69 Å². The lowest BCUT2D eigenvalue weighted by atomic mass is 10.1. The molecule has 0 aliphatic carbocycles. The molecule has 0 aliphatic heterocycles. The van der Waals surface area contributed by atoms with Crippen molar-refractivity contribution in [1.29, 1.82) is 0 Å². The van der Waals surface area contributed by atoms with Gasteiger partial charge in [0.05, 0.1) is 16.7 Å². The zero-order valence-electron chi connectivity index (χ0n) is 16.4. The minimum atomic E-state index is -0.255. The first-order valence-corrected chi connectivity index (χ1v) is 11.4. The van der Waals surface area contributed by atoms with E-state index in [9.17, 15) is 9.59 Å². The first-order chi connectivity index (χ1) is 14.2. The SMILES string of the molecule is CC(C)CCn1c(SCC(=O)Nc2cc(Cl)cc(Cl)c2)nc2cc(Cl)ccc2c1=O. The molecule has 0 aliphatic rings. The molecule has 3 aromatic rings. The van der Waals surface area contributed by atoms with Crippen molar-refractivity contribution in [3.63, 3.8) is 0 Å². The van der Waals surface area contributed by atoms with Crippen LogP contribution in [-0.2, 0) is 11.3 Å². The highest BCUT2D eigenvalue weighted by molar-refractivity contribution is 7.99. The van der Waals surface area contributed by atoms with E-state index < -0.39 is 0 Å². The summed E-state index contributed by atoms with van der Waals surface area (Å²) >= 11 is 19.2. The van der Waals surface area contributed by atoms with E-state index in [1.165, 1.54) is 11.8 Å². The standard InChI is InChI=1S/C21H20Cl3N3O2S/c1-12(2)5-6-27-20(29)17-4-3-13(22)10-18(17)26-21(27)30-11-19(28)25-16-8-14(23)7-15(24)9-16/h3-4,7-10,12H,5-6,11H2,1-2H3,(H,25,28). The average Bonchev–Trinajstić information content (AvgIpc) is 2.64. The Morgan fingerprint density at radius 2 is 1.80 bits per heavy atom. The maximum atomic E-state index is 13.0. The molecular formula is C21H20Cl3N3O2S. The van der Waals surface area contributed by atoms with E-state index >= 15 is 0 Å². The Kier molecular flexibility index (Phi) is 7.69. The van der Waals surface area contributed by atoms with Crippen molar-refractivity contribution >= 4 is 69.1 Å². The third-order valence-electron chi connectivity index (χ3n) is 4.29. The number of hydrogen-bond acceptors (Lipinski definition) is 4. The maximum absolute atomic E-state index is 13.0. The van der Waals surface area contributed by atoms with Gasteiger partial charge in [-0.2, -0.15) is 0 Å². The molecule has 2 aromatic carbocycles. The molecule has 0 saturated heterocycles. The van der Waals surface area contributed by atoms with E-state index in [-0.39, 0.29) is 17.2 Å². The van der Waals surface area contributed by atoms with Crippen LogP contribution in [0.15, 0.2) is 46.3 Å². The van der Waals surface area contributed by atoms with E-state index in [0.717, 1.165) is 6.42 Å². The van der Waals surface area contributed by atoms with Gasteiger partial charge in [0.2, 0.25) is 5.91 Å². The van der Waals surface area contributed by atoms with E-state index in [1.807, 2.05) is 0 Å². The first kappa shape index (κ1) is 22.9. The van der Waals surface area contributed by atoms with Crippen LogP contribution in [0.2, 0.25) is 15.1 Å². The van der Waals surface area contributed by atoms with Gasteiger partial charge in [-0.05, 0) is 48.7 Å². The zero-order chi connectivity index (χ0) is 21.8. The van der Waals surface area contributed by atoms with Gasteiger partial charge < -0.3 is 5.32 Å². The number of aromatic nitrogens is 2. The van der Waals surface area contributed by atoms with Crippen molar-refractivity contribution in [1.82, 2.24) is 9.55 Å². The maximum Gasteiger partial charge on any atom is 0.262 e. The van der Waals surface area contributed by atoms with Crippen LogP contribution in [0, 0.1) is 5.92 Å². The molecule has 1 aromatic heterocycles. The summed E-state index contributed by atoms with van der Waals surface area (Å²) in [4.78, 5) is 30.1. The molecule has 0 spiro atoms. The van der Waals surface area contributed by atoms with Gasteiger partial charge in [-0.1, -0.05) is 60.4 Å². The summed E-state index contributed by atoms with van der Waals surface area (Å²) in [5, 5.41) is 5.11. The quantitative estimate of drug-likeness (QED) is 0.323. The van der Waals surface area contributed by atoms with Gasteiger partial charge in [-0.3, -0.25) is 14.2 Å². The van der Waals surface area contributed by atoms with E-state index in [1.54, 1.807) is 41.0 Å². The van der Waals surface area contributed by atoms with E-state index in [0.29, 0.717) is 49.3 Å². The summed E-state index contributed by atoms with van der Waals surface area (Å²) in [5.74, 6) is 0.241. The zero-order valence-corrected chi connectivity index (χ0v) is 19.5. The van der Waals surface area contributed by atoms with Gasteiger partial charge in [-0.15, -0.1) is 0 Å². The molecule has 9 heteroatoms. The Bertz CT molecular complexity index is 1130. The predicted octanol–water partition coefficient (Wildman–Crippen LogP) is 6.13. The minimum Gasteiger partial charge on any atom is -0.325 e. The largest absolute Gasteiger partial charge is 0.325 e. The predicted molar refractivity (Wildman–Crippen MR) is 126 cm³/mol. The highest BCUT2D eigenvalue weighted by Gasteiger charge is 2.14. The summed E-state index contributed by atoms with van der Waals surface area (Å²) < 4.78 is 1.63. The number of fused-ring (bicyclic) bond motifs is 1. The fourth-order valence-electron chi connectivity index (χ4n) is 2.82. The molecule has 5 nitrogen and oxygen atoms in total. The van der Waals surface area contributed by atoms with Crippen molar-refractivity contribution in [2.75, 3.05) is 11.1 Å². The molecule has 30 heavy (non-hydrogen) atoms. The third-order valence-corrected chi connectivity index (χ3v) is 5.94. The summed E-state index contributed by atoms with van der Waals surface area (Å²) in [5.41, 5.74) is 0.883. The second kappa shape index (κ2) is 10.1. The van der Waals surface area contributed by atoms with Gasteiger partial charge in [0.1, 0.15) is 0 Å². The fraction of sp³-hybridized carbons (Fsp3) is 0.286. The number of carbonyl (C=O) groups is 1. The molecular weight excluding hydrogens is 465 g/mol. The second-order valence-corrected chi connectivity index (χ2v) is 9.44. The van der Waals surface area contributed by atoms with Crippen molar-refractivity contribution in [3.05, 3.63) is 61.8 Å². The van der Waals surface area contributed by atoms with Crippen LogP contribution in [0.1, 0.15) is 20.3 Å². The molecule has 1 amide bonds. The number of carbonyl (C=O) groups excluding carboxylic acids is 1. The molecule has 0 fully saturated rings. The topological polar surface area (TPSA) is 64.0 Å². The van der Waals surface area contributed by atoms with Gasteiger partial charge >= 0.3 is 0 Å². The molecule has 0 unspecified atom stereocenters. The summed E-state index contributed by atoms with van der Waals surface area (Å²) in [6, 6.07) is 9.84. The van der Waals surface area contributed by atoms with E-state index in [2.05, 4.69) is 24.1 Å². The second-order valence-electron chi connectivity index (χ2n) is 7.19. The molecule has 1 heterocycles. The number of amides is 1. The fourth-order valence-corrected chi connectivity index (χ4v) is 4.34. The molecule has 3 rings (SSSR count). The molecule has 0 radical (unpaired) electrons. The lowest BCUT2D eigenvalue weighted by molar-refractivity contribution is -0.113. The van der Waals surface area contributed by atoms with Gasteiger partial charge in [-0.25, -0.2) is 4.98 Å². The number of anilines is 1. The summed E-state index contributed by atoms with van der Waals surface area (Å²) in [7, 11) is 0. The van der Waals surface area contributed by atoms with Crippen LogP contribution in [-0.4, -0.2) is 21.2 Å². The van der Waals surface area contributed by atoms with Crippen molar-refractivity contribution in [2.24, 2.45) is 5.92 Å². The lowest BCUT2D eigenvalue weighted by Crippen LogP contribution is -2.25. The summed E-state index contributed by atoms with van der Waals surface area (Å²) in [6.45, 7) is 4.71. The minimum absolute atomic E-state index is 0.0737. The number of thioether (sulfide) groups is 1. The van der Waals surface area contributed by atoms with Gasteiger partial charge in [0.15, 0.2) is 5.16 Å². The molecule has 0 saturated carbocycles. The number of halogens is 3. The Labute approximate surface area is 193 Å². The van der Waals surface area contributed by atoms with Crippen LogP contribution >= 0.6 is 46.6 Å². The van der Waals surface area contributed by atoms with Crippen LogP contribution in [0.5, 0.6) is 0 Å². The Morgan fingerprint density at radius 1 is 1.10 bits per heavy atom.